The molecule has 1 amide bonds. The van der Waals surface area contributed by atoms with Crippen LogP contribution in [-0.2, 0) is 4.79 Å². The Morgan fingerprint density at radius 2 is 2.12 bits per heavy atom. The van der Waals surface area contributed by atoms with E-state index in [2.05, 4.69) is 11.8 Å². The standard InChI is InChI=1S/C12H23N3O/c1-10-4-2-3-6-15(10)12(16)9-14-7-5-11(13)8-14/h10-11H,2-9,13H2,1H3/t10?,11-/m1/s1. The normalized spacial score (nSPS) is 32.0. The van der Waals surface area contributed by atoms with Crippen molar-refractivity contribution in [2.75, 3.05) is 26.2 Å². The summed E-state index contributed by atoms with van der Waals surface area (Å²) >= 11 is 0. The summed E-state index contributed by atoms with van der Waals surface area (Å²) in [5, 5.41) is 0. The fourth-order valence-corrected chi connectivity index (χ4v) is 2.76. The molecule has 2 rings (SSSR count). The Labute approximate surface area is 97.8 Å². The van der Waals surface area contributed by atoms with E-state index in [0.29, 0.717) is 18.5 Å². The lowest BCUT2D eigenvalue weighted by atomic mass is 10.0. The Kier molecular flexibility index (Phi) is 3.82. The summed E-state index contributed by atoms with van der Waals surface area (Å²) < 4.78 is 0. The quantitative estimate of drug-likeness (QED) is 0.741. The van der Waals surface area contributed by atoms with E-state index in [1.54, 1.807) is 0 Å². The topological polar surface area (TPSA) is 49.6 Å². The molecule has 0 radical (unpaired) electrons. The lowest BCUT2D eigenvalue weighted by molar-refractivity contribution is -0.135. The third kappa shape index (κ3) is 2.74. The van der Waals surface area contributed by atoms with Crippen LogP contribution in [0.25, 0.3) is 0 Å². The lowest BCUT2D eigenvalue weighted by Gasteiger charge is -2.34. The van der Waals surface area contributed by atoms with Gasteiger partial charge in [-0.3, -0.25) is 9.69 Å². The predicted molar refractivity (Wildman–Crippen MR) is 64.1 cm³/mol. The summed E-state index contributed by atoms with van der Waals surface area (Å²) in [7, 11) is 0. The van der Waals surface area contributed by atoms with Gasteiger partial charge in [0.2, 0.25) is 5.91 Å². The van der Waals surface area contributed by atoms with E-state index in [-0.39, 0.29) is 6.04 Å². The predicted octanol–water partition coefficient (Wildman–Crippen LogP) is 0.420. The van der Waals surface area contributed by atoms with Crippen molar-refractivity contribution in [1.29, 1.82) is 0 Å². The number of likely N-dealkylation sites (tertiary alicyclic amines) is 2. The number of rotatable bonds is 2. The maximum atomic E-state index is 12.1. The van der Waals surface area contributed by atoms with Gasteiger partial charge in [0.25, 0.3) is 0 Å². The second-order valence-electron chi connectivity index (χ2n) is 5.22. The Morgan fingerprint density at radius 1 is 1.31 bits per heavy atom. The zero-order valence-corrected chi connectivity index (χ0v) is 10.2. The lowest BCUT2D eigenvalue weighted by Crippen LogP contribution is -2.46. The molecule has 2 saturated heterocycles. The van der Waals surface area contributed by atoms with Crippen molar-refractivity contribution in [2.45, 2.75) is 44.7 Å². The van der Waals surface area contributed by atoms with Crippen molar-refractivity contribution in [2.24, 2.45) is 5.73 Å². The summed E-state index contributed by atoms with van der Waals surface area (Å²) in [5.41, 5.74) is 5.84. The monoisotopic (exact) mass is 225 g/mol. The van der Waals surface area contributed by atoms with Gasteiger partial charge < -0.3 is 10.6 Å². The van der Waals surface area contributed by atoms with Crippen LogP contribution < -0.4 is 5.73 Å². The van der Waals surface area contributed by atoms with Crippen LogP contribution >= 0.6 is 0 Å². The maximum absolute atomic E-state index is 12.1. The molecule has 16 heavy (non-hydrogen) atoms. The van der Waals surface area contributed by atoms with Crippen molar-refractivity contribution < 1.29 is 4.79 Å². The van der Waals surface area contributed by atoms with Gasteiger partial charge in [0.15, 0.2) is 0 Å². The summed E-state index contributed by atoms with van der Waals surface area (Å²) in [6, 6.07) is 0.698. The summed E-state index contributed by atoms with van der Waals surface area (Å²) in [6.45, 7) is 5.54. The highest BCUT2D eigenvalue weighted by Gasteiger charge is 2.27. The maximum Gasteiger partial charge on any atom is 0.236 e. The number of hydrogen-bond acceptors (Lipinski definition) is 3. The SMILES string of the molecule is CC1CCCCN1C(=O)CN1CC[C@@H](N)C1. The molecule has 0 aromatic rings. The number of nitrogens with two attached hydrogens (primary N) is 1. The summed E-state index contributed by atoms with van der Waals surface area (Å²) in [4.78, 5) is 16.4. The smallest absolute Gasteiger partial charge is 0.236 e. The molecule has 1 unspecified atom stereocenters. The first-order valence-corrected chi connectivity index (χ1v) is 6.44. The molecule has 0 aromatic heterocycles. The van der Waals surface area contributed by atoms with Gasteiger partial charge in [-0.2, -0.15) is 0 Å². The molecule has 0 bridgehead atoms. The number of hydrogen-bond donors (Lipinski definition) is 1. The van der Waals surface area contributed by atoms with Crippen molar-refractivity contribution in [3.63, 3.8) is 0 Å². The van der Waals surface area contributed by atoms with Crippen molar-refractivity contribution in [3.8, 4) is 0 Å². The van der Waals surface area contributed by atoms with Gasteiger partial charge in [-0.05, 0) is 32.6 Å². The van der Waals surface area contributed by atoms with E-state index >= 15 is 0 Å². The molecule has 2 fully saturated rings. The minimum atomic E-state index is 0.270. The highest BCUT2D eigenvalue weighted by molar-refractivity contribution is 5.78. The van der Waals surface area contributed by atoms with E-state index in [1.807, 2.05) is 4.90 Å². The van der Waals surface area contributed by atoms with Gasteiger partial charge in [0.05, 0.1) is 6.54 Å². The Bertz CT molecular complexity index is 257. The first kappa shape index (κ1) is 11.9. The number of amides is 1. The third-order valence-electron chi connectivity index (χ3n) is 3.79. The molecule has 2 N–H and O–H groups in total. The van der Waals surface area contributed by atoms with Crippen LogP contribution in [-0.4, -0.2) is 54.0 Å². The molecule has 92 valence electrons. The van der Waals surface area contributed by atoms with E-state index < -0.39 is 0 Å². The van der Waals surface area contributed by atoms with Crippen LogP contribution in [0.15, 0.2) is 0 Å². The molecule has 0 saturated carbocycles. The van der Waals surface area contributed by atoms with E-state index in [1.165, 1.54) is 6.42 Å². The number of nitrogens with zero attached hydrogens (tertiary/aromatic N) is 2. The van der Waals surface area contributed by atoms with Gasteiger partial charge in [-0.25, -0.2) is 0 Å². The zero-order valence-electron chi connectivity index (χ0n) is 10.2. The highest BCUT2D eigenvalue weighted by atomic mass is 16.2. The largest absolute Gasteiger partial charge is 0.339 e. The molecule has 4 heteroatoms. The van der Waals surface area contributed by atoms with Gasteiger partial charge in [-0.15, -0.1) is 0 Å². The summed E-state index contributed by atoms with van der Waals surface area (Å²) in [5.74, 6) is 0.293. The molecule has 2 atom stereocenters. The average molecular weight is 225 g/mol. The molecule has 2 heterocycles. The molecule has 0 aliphatic carbocycles. The van der Waals surface area contributed by atoms with Crippen LogP contribution in [0.5, 0.6) is 0 Å². The van der Waals surface area contributed by atoms with Gasteiger partial charge >= 0.3 is 0 Å². The van der Waals surface area contributed by atoms with Crippen LogP contribution in [0, 0.1) is 0 Å². The highest BCUT2D eigenvalue weighted by Crippen LogP contribution is 2.17. The average Bonchev–Trinajstić information content (AvgIpc) is 2.64. The first-order valence-electron chi connectivity index (χ1n) is 6.44. The fourth-order valence-electron chi connectivity index (χ4n) is 2.76. The Balaban J connectivity index is 1.82. The second kappa shape index (κ2) is 5.15. The van der Waals surface area contributed by atoms with Crippen LogP contribution in [0.3, 0.4) is 0 Å². The molecule has 0 aromatic carbocycles. The number of piperidine rings is 1. The Morgan fingerprint density at radius 3 is 2.75 bits per heavy atom. The first-order chi connectivity index (χ1) is 7.66. The van der Waals surface area contributed by atoms with E-state index in [0.717, 1.165) is 38.9 Å². The molecular weight excluding hydrogens is 202 g/mol. The molecule has 2 aliphatic heterocycles. The van der Waals surface area contributed by atoms with Gasteiger partial charge in [0.1, 0.15) is 0 Å². The van der Waals surface area contributed by atoms with Crippen molar-refractivity contribution in [3.05, 3.63) is 0 Å². The third-order valence-corrected chi connectivity index (χ3v) is 3.79. The van der Waals surface area contributed by atoms with Crippen molar-refractivity contribution >= 4 is 5.91 Å². The number of carbonyl (C=O) groups excluding carboxylic acids is 1. The van der Waals surface area contributed by atoms with Crippen LogP contribution in [0.1, 0.15) is 32.6 Å². The van der Waals surface area contributed by atoms with E-state index in [9.17, 15) is 4.79 Å². The van der Waals surface area contributed by atoms with Crippen LogP contribution in [0.2, 0.25) is 0 Å². The zero-order chi connectivity index (χ0) is 11.5. The van der Waals surface area contributed by atoms with Crippen LogP contribution in [0.4, 0.5) is 0 Å². The number of carbonyl (C=O) groups is 1. The fraction of sp³-hybridized carbons (Fsp3) is 0.917. The van der Waals surface area contributed by atoms with Crippen molar-refractivity contribution in [1.82, 2.24) is 9.80 Å². The molecule has 4 nitrogen and oxygen atoms in total. The molecular formula is C12H23N3O. The second-order valence-corrected chi connectivity index (χ2v) is 5.22. The minimum absolute atomic E-state index is 0.270. The summed E-state index contributed by atoms with van der Waals surface area (Å²) in [6.07, 6.45) is 4.61. The van der Waals surface area contributed by atoms with Gasteiger partial charge in [-0.1, -0.05) is 0 Å². The van der Waals surface area contributed by atoms with E-state index in [4.69, 9.17) is 5.73 Å². The molecule has 0 spiro atoms. The Hall–Kier alpha value is -0.610. The minimum Gasteiger partial charge on any atom is -0.339 e. The molecule has 2 aliphatic rings. The van der Waals surface area contributed by atoms with Gasteiger partial charge in [0, 0.05) is 31.7 Å².